The highest BCUT2D eigenvalue weighted by Crippen LogP contribution is 2.37. The smallest absolute Gasteiger partial charge is 0.0655 e. The van der Waals surface area contributed by atoms with Crippen molar-refractivity contribution in [2.24, 2.45) is 0 Å². The van der Waals surface area contributed by atoms with Gasteiger partial charge in [0.05, 0.1) is 4.83 Å². The first-order valence-electron chi connectivity index (χ1n) is 7.03. The summed E-state index contributed by atoms with van der Waals surface area (Å²) in [5.41, 5.74) is 5.26. The van der Waals surface area contributed by atoms with Crippen molar-refractivity contribution >= 4 is 31.9 Å². The molecule has 0 aliphatic rings. The van der Waals surface area contributed by atoms with Crippen LogP contribution in [0.3, 0.4) is 0 Å². The van der Waals surface area contributed by atoms with Crippen molar-refractivity contribution in [1.29, 1.82) is 0 Å². The van der Waals surface area contributed by atoms with Crippen LogP contribution < -0.4 is 0 Å². The Hall–Kier alpha value is -0.600. The van der Waals surface area contributed by atoms with E-state index in [1.165, 1.54) is 33.1 Å². The van der Waals surface area contributed by atoms with E-state index in [0.29, 0.717) is 5.92 Å². The maximum absolute atomic E-state index is 3.83. The predicted octanol–water partition coefficient (Wildman–Crippen LogP) is 6.76. The van der Waals surface area contributed by atoms with E-state index in [0.717, 1.165) is 0 Å². The fraction of sp³-hybridized carbons (Fsp3) is 0.333. The summed E-state index contributed by atoms with van der Waals surface area (Å²) >= 11 is 7.52. The van der Waals surface area contributed by atoms with Crippen LogP contribution in [0.25, 0.3) is 0 Å². The Kier molecular flexibility index (Phi) is 5.45. The lowest BCUT2D eigenvalue weighted by Crippen LogP contribution is -1.97. The van der Waals surface area contributed by atoms with Crippen LogP contribution in [0.5, 0.6) is 0 Å². The summed E-state index contributed by atoms with van der Waals surface area (Å²) in [7, 11) is 0. The van der Waals surface area contributed by atoms with Crippen molar-refractivity contribution < 1.29 is 0 Å². The number of hydrogen-bond acceptors (Lipinski definition) is 0. The van der Waals surface area contributed by atoms with Gasteiger partial charge < -0.3 is 0 Å². The van der Waals surface area contributed by atoms with Gasteiger partial charge in [-0.3, -0.25) is 0 Å². The average molecular weight is 396 g/mol. The van der Waals surface area contributed by atoms with Gasteiger partial charge in [0.15, 0.2) is 0 Å². The van der Waals surface area contributed by atoms with E-state index >= 15 is 0 Å². The monoisotopic (exact) mass is 394 g/mol. The minimum atomic E-state index is 0.225. The van der Waals surface area contributed by atoms with E-state index in [-0.39, 0.29) is 4.83 Å². The normalized spacial score (nSPS) is 14.1. The molecule has 0 aromatic heterocycles. The van der Waals surface area contributed by atoms with E-state index in [1.807, 2.05) is 0 Å². The lowest BCUT2D eigenvalue weighted by Gasteiger charge is -2.16. The van der Waals surface area contributed by atoms with Crippen molar-refractivity contribution in [3.63, 3.8) is 0 Å². The van der Waals surface area contributed by atoms with Crippen LogP contribution in [0.2, 0.25) is 0 Å². The number of aryl methyl sites for hydroxylation is 1. The number of rotatable bonds is 4. The third kappa shape index (κ3) is 3.35. The zero-order chi connectivity index (χ0) is 14.7. The van der Waals surface area contributed by atoms with Gasteiger partial charge in [-0.15, -0.1) is 0 Å². The zero-order valence-electron chi connectivity index (χ0n) is 12.2. The Balaban J connectivity index is 2.29. The van der Waals surface area contributed by atoms with Crippen molar-refractivity contribution in [2.45, 2.75) is 37.9 Å². The lowest BCUT2D eigenvalue weighted by atomic mass is 9.96. The molecule has 0 saturated heterocycles. The number of alkyl halides is 1. The minimum absolute atomic E-state index is 0.225. The highest BCUT2D eigenvalue weighted by atomic mass is 79.9. The van der Waals surface area contributed by atoms with E-state index in [4.69, 9.17) is 0 Å². The van der Waals surface area contributed by atoms with Gasteiger partial charge in [-0.1, -0.05) is 88.2 Å². The van der Waals surface area contributed by atoms with Gasteiger partial charge >= 0.3 is 0 Å². The van der Waals surface area contributed by atoms with Gasteiger partial charge in [0.25, 0.3) is 0 Å². The molecule has 0 saturated carbocycles. The average Bonchev–Trinajstić information content (AvgIpc) is 2.48. The van der Waals surface area contributed by atoms with Crippen molar-refractivity contribution in [1.82, 2.24) is 0 Å². The molecule has 0 heterocycles. The van der Waals surface area contributed by atoms with Crippen LogP contribution in [0.4, 0.5) is 0 Å². The van der Waals surface area contributed by atoms with Crippen LogP contribution in [0.15, 0.2) is 46.9 Å². The summed E-state index contributed by atoms with van der Waals surface area (Å²) in [6.07, 6.45) is 1.18. The van der Waals surface area contributed by atoms with Crippen LogP contribution in [-0.4, -0.2) is 0 Å². The van der Waals surface area contributed by atoms with Crippen LogP contribution in [-0.2, 0) is 0 Å². The Bertz CT molecular complexity index is 572. The second-order valence-electron chi connectivity index (χ2n) is 5.32. The van der Waals surface area contributed by atoms with Crippen molar-refractivity contribution in [3.8, 4) is 0 Å². The fourth-order valence-corrected chi connectivity index (χ4v) is 3.76. The largest absolute Gasteiger partial charge is 0.0786 e. The van der Waals surface area contributed by atoms with E-state index in [9.17, 15) is 0 Å². The molecule has 20 heavy (non-hydrogen) atoms. The second kappa shape index (κ2) is 6.91. The third-order valence-corrected chi connectivity index (χ3v) is 6.01. The van der Waals surface area contributed by atoms with Gasteiger partial charge in [-0.2, -0.15) is 0 Å². The molecule has 0 nitrogen and oxygen atoms in total. The van der Waals surface area contributed by atoms with Crippen LogP contribution in [0, 0.1) is 6.92 Å². The summed E-state index contributed by atoms with van der Waals surface area (Å²) < 4.78 is 1.19. The molecular weight excluding hydrogens is 376 g/mol. The van der Waals surface area contributed by atoms with Gasteiger partial charge in [-0.05, 0) is 41.5 Å². The van der Waals surface area contributed by atoms with Gasteiger partial charge in [0.2, 0.25) is 0 Å². The molecule has 2 aromatic rings. The minimum Gasteiger partial charge on any atom is -0.0786 e. The molecule has 106 valence electrons. The molecule has 0 bridgehead atoms. The number of halogens is 2. The molecule has 0 amide bonds. The first kappa shape index (κ1) is 15.8. The maximum atomic E-state index is 3.83. The Morgan fingerprint density at radius 3 is 2.20 bits per heavy atom. The van der Waals surface area contributed by atoms with E-state index < -0.39 is 0 Å². The molecule has 2 atom stereocenters. The Morgan fingerprint density at radius 2 is 1.60 bits per heavy atom. The summed E-state index contributed by atoms with van der Waals surface area (Å²) in [5.74, 6) is 0.628. The molecule has 2 rings (SSSR count). The van der Waals surface area contributed by atoms with Gasteiger partial charge in [-0.25, -0.2) is 0 Å². The van der Waals surface area contributed by atoms with Crippen LogP contribution in [0.1, 0.15) is 53.3 Å². The first-order valence-corrected chi connectivity index (χ1v) is 8.74. The molecule has 0 aliphatic heterocycles. The van der Waals surface area contributed by atoms with Gasteiger partial charge in [0.1, 0.15) is 0 Å². The predicted molar refractivity (Wildman–Crippen MR) is 94.8 cm³/mol. The molecule has 0 aliphatic carbocycles. The highest BCUT2D eigenvalue weighted by molar-refractivity contribution is 9.11. The molecule has 2 unspecified atom stereocenters. The summed E-state index contributed by atoms with van der Waals surface area (Å²) in [6.45, 7) is 6.63. The number of hydrogen-bond donors (Lipinski definition) is 0. The molecule has 0 N–H and O–H groups in total. The van der Waals surface area contributed by atoms with Crippen LogP contribution >= 0.6 is 31.9 Å². The highest BCUT2D eigenvalue weighted by Gasteiger charge is 2.14. The molecule has 2 heteroatoms. The summed E-state index contributed by atoms with van der Waals surface area (Å²) in [6, 6.07) is 15.4. The van der Waals surface area contributed by atoms with E-state index in [1.54, 1.807) is 0 Å². The first-order chi connectivity index (χ1) is 9.54. The standard InChI is InChI=1S/C18H20Br2/c1-4-12(2)14-8-10-15(11-9-14)18(20)16-7-5-6-13(3)17(16)19/h5-12,18H,4H2,1-3H3. The molecular formula is C18H20Br2. The second-order valence-corrected chi connectivity index (χ2v) is 7.03. The maximum Gasteiger partial charge on any atom is 0.0655 e. The van der Waals surface area contributed by atoms with Crippen molar-refractivity contribution in [3.05, 3.63) is 69.2 Å². The van der Waals surface area contributed by atoms with E-state index in [2.05, 4.69) is 95.1 Å². The zero-order valence-corrected chi connectivity index (χ0v) is 15.3. The SMILES string of the molecule is CCC(C)c1ccc(C(Br)c2cccc(C)c2Br)cc1. The quantitative estimate of drug-likeness (QED) is 0.502. The van der Waals surface area contributed by atoms with Gasteiger partial charge in [0, 0.05) is 4.47 Å². The van der Waals surface area contributed by atoms with Crippen molar-refractivity contribution in [2.75, 3.05) is 0 Å². The molecule has 0 spiro atoms. The lowest BCUT2D eigenvalue weighted by molar-refractivity contribution is 0.733. The topological polar surface area (TPSA) is 0 Å². The summed E-state index contributed by atoms with van der Waals surface area (Å²) in [5, 5.41) is 0. The molecule has 0 fully saturated rings. The fourth-order valence-electron chi connectivity index (χ4n) is 2.27. The Morgan fingerprint density at radius 1 is 1.00 bits per heavy atom. The molecule has 0 radical (unpaired) electrons. The Labute approximate surface area is 138 Å². The molecule has 2 aromatic carbocycles. The summed E-state index contributed by atoms with van der Waals surface area (Å²) in [4.78, 5) is 0.225. The number of benzene rings is 2. The third-order valence-electron chi connectivity index (χ3n) is 3.91.